The van der Waals surface area contributed by atoms with Crippen molar-refractivity contribution in [3.8, 4) is 5.75 Å². The van der Waals surface area contributed by atoms with E-state index in [0.717, 1.165) is 5.00 Å². The quantitative estimate of drug-likeness (QED) is 0.0838. The average Bonchev–Trinajstić information content (AvgIpc) is 3.53. The molecule has 14 nitrogen and oxygen atoms in total. The van der Waals surface area contributed by atoms with Crippen LogP contribution in [0.5, 0.6) is 5.75 Å². The van der Waals surface area contributed by atoms with Crippen LogP contribution < -0.4 is 37.7 Å². The zero-order chi connectivity index (χ0) is 30.1. The third-order valence-corrected chi connectivity index (χ3v) is 6.26. The maximum atomic E-state index is 11.5. The topological polar surface area (TPSA) is 217 Å². The van der Waals surface area contributed by atoms with Gasteiger partial charge in [0, 0.05) is 33.3 Å². The Morgan fingerprint density at radius 2 is 1.82 bits per heavy atom. The number of ether oxygens (including phenoxy) is 1. The van der Waals surface area contributed by atoms with Gasteiger partial charge in [-0.15, -0.1) is 22.7 Å². The number of hydrogen-bond donors (Lipinski definition) is 5. The van der Waals surface area contributed by atoms with Crippen LogP contribution in [0.2, 0.25) is 0 Å². The van der Waals surface area contributed by atoms with Crippen molar-refractivity contribution in [3.05, 3.63) is 57.0 Å². The minimum atomic E-state index is -0.914. The van der Waals surface area contributed by atoms with Gasteiger partial charge in [0.2, 0.25) is 6.41 Å². The van der Waals surface area contributed by atoms with Crippen molar-refractivity contribution in [1.29, 1.82) is 0 Å². The number of rotatable bonds is 8. The second-order valence-electron chi connectivity index (χ2n) is 6.60. The molecule has 0 saturated carbocycles. The SMILES string of the molecule is C=C(O)/C(C=O)=C/c1sc(N)cc1OC.C=O.CNC=O.CNN(C)c1cc2oc(=O)c(C(=O)ON)cc2s1. The number of nitrogens with zero attached hydrogens (tertiary/aromatic N) is 1. The monoisotopic (exact) mass is 583 g/mol. The molecule has 0 aliphatic rings. The highest BCUT2D eigenvalue weighted by Gasteiger charge is 2.17. The van der Waals surface area contributed by atoms with Gasteiger partial charge in [-0.25, -0.2) is 15.0 Å². The Morgan fingerprint density at radius 3 is 2.28 bits per heavy atom. The zero-order valence-electron chi connectivity index (χ0n) is 21.5. The minimum Gasteiger partial charge on any atom is -0.508 e. The normalized spacial score (nSPS) is 9.82. The minimum absolute atomic E-state index is 0.107. The number of aldehydes is 1. The molecule has 0 saturated heterocycles. The molecular weight excluding hydrogens is 554 g/mol. The van der Waals surface area contributed by atoms with Gasteiger partial charge in [0.25, 0.3) is 0 Å². The van der Waals surface area contributed by atoms with E-state index >= 15 is 0 Å². The van der Waals surface area contributed by atoms with Gasteiger partial charge in [-0.3, -0.25) is 9.59 Å². The summed E-state index contributed by atoms with van der Waals surface area (Å²) in [6, 6.07) is 4.77. The molecule has 1 amide bonds. The molecule has 39 heavy (non-hydrogen) atoms. The third kappa shape index (κ3) is 10.4. The number of hydrogen-bond acceptors (Lipinski definition) is 15. The van der Waals surface area contributed by atoms with E-state index in [4.69, 9.17) is 35.5 Å². The van der Waals surface area contributed by atoms with Gasteiger partial charge in [-0.1, -0.05) is 6.58 Å². The van der Waals surface area contributed by atoms with Crippen LogP contribution in [0.25, 0.3) is 16.4 Å². The van der Waals surface area contributed by atoms with Crippen LogP contribution in [-0.2, 0) is 19.2 Å². The number of allylic oxidation sites excluding steroid dienone is 1. The number of thiophene rings is 2. The number of hydrazine groups is 1. The number of nitrogens with two attached hydrogens (primary N) is 2. The number of methoxy groups -OCH3 is 1. The number of fused-ring (bicyclic) bond motifs is 1. The first-order valence-corrected chi connectivity index (χ1v) is 12.0. The van der Waals surface area contributed by atoms with E-state index in [0.29, 0.717) is 38.6 Å². The maximum absolute atomic E-state index is 11.5. The second kappa shape index (κ2) is 17.9. The van der Waals surface area contributed by atoms with Crippen molar-refractivity contribution in [2.24, 2.45) is 5.90 Å². The summed E-state index contributed by atoms with van der Waals surface area (Å²) in [4.78, 5) is 55.1. The molecule has 0 bridgehead atoms. The molecule has 16 heteroatoms. The highest BCUT2D eigenvalue weighted by Crippen LogP contribution is 2.33. The molecule has 7 N–H and O–H groups in total. The van der Waals surface area contributed by atoms with Crippen LogP contribution in [0, 0.1) is 0 Å². The number of amides is 1. The Bertz CT molecular complexity index is 1350. The summed E-state index contributed by atoms with van der Waals surface area (Å²) in [7, 11) is 6.65. The Hall–Kier alpha value is -4.51. The molecule has 3 rings (SSSR count). The van der Waals surface area contributed by atoms with Crippen LogP contribution in [0.4, 0.5) is 10.0 Å². The maximum Gasteiger partial charge on any atom is 0.364 e. The van der Waals surface area contributed by atoms with E-state index in [1.54, 1.807) is 31.2 Å². The first-order valence-electron chi connectivity index (χ1n) is 10.3. The van der Waals surface area contributed by atoms with Gasteiger partial charge in [-0.2, -0.15) is 5.90 Å². The predicted octanol–water partition coefficient (Wildman–Crippen LogP) is 1.63. The fourth-order valence-electron chi connectivity index (χ4n) is 2.38. The molecular formula is C23H29N5O9S2. The molecule has 3 heterocycles. The molecule has 0 spiro atoms. The van der Waals surface area contributed by atoms with Gasteiger partial charge in [0.05, 0.1) is 27.3 Å². The van der Waals surface area contributed by atoms with Gasteiger partial charge >= 0.3 is 11.6 Å². The molecule has 0 radical (unpaired) electrons. The first-order chi connectivity index (χ1) is 18.6. The predicted molar refractivity (Wildman–Crippen MR) is 151 cm³/mol. The molecule has 0 unspecified atom stereocenters. The number of carbonyl (C=O) groups excluding carboxylic acids is 4. The number of nitrogen functional groups attached to an aromatic ring is 1. The van der Waals surface area contributed by atoms with E-state index in [1.807, 2.05) is 13.8 Å². The number of aliphatic hydroxyl groups excluding tert-OH is 1. The Kier molecular flexibility index (Phi) is 15.8. The second-order valence-corrected chi connectivity index (χ2v) is 8.78. The largest absolute Gasteiger partial charge is 0.508 e. The highest BCUT2D eigenvalue weighted by atomic mass is 32.1. The highest BCUT2D eigenvalue weighted by molar-refractivity contribution is 7.22. The lowest BCUT2D eigenvalue weighted by atomic mass is 10.2. The molecule has 0 fully saturated rings. The van der Waals surface area contributed by atoms with Crippen LogP contribution >= 0.6 is 22.7 Å². The molecule has 3 aromatic heterocycles. The van der Waals surface area contributed by atoms with Gasteiger partial charge in [0.1, 0.15) is 28.9 Å². The van der Waals surface area contributed by atoms with E-state index < -0.39 is 11.6 Å². The summed E-state index contributed by atoms with van der Waals surface area (Å²) in [6.07, 6.45) is 2.63. The summed E-state index contributed by atoms with van der Waals surface area (Å²) in [5, 5.41) is 14.5. The van der Waals surface area contributed by atoms with E-state index in [2.05, 4.69) is 22.2 Å². The lowest BCUT2D eigenvalue weighted by molar-refractivity contribution is -0.109. The van der Waals surface area contributed by atoms with E-state index in [9.17, 15) is 14.4 Å². The fraction of sp³-hybridized carbons (Fsp3) is 0.174. The Morgan fingerprint density at radius 1 is 1.21 bits per heavy atom. The number of anilines is 2. The standard InChI is InChI=1S/C10H11N3O4S.C10H11NO3S.C2H5NO.CH2O/c1-12-13(2)8-4-6-7(18-8)3-5(9(14)16-6)10(15)17-11;1-6(13)7(5-12)3-9-8(14-2)4-10(11)15-9;1-3-2-4;1-2/h3-4,12H,11H2,1-2H3;3-5,13H,1,11H2,2H3;2H,1H3,(H,3,4);1H2/b;7-3+;;. The summed E-state index contributed by atoms with van der Waals surface area (Å²) in [5.74, 6) is 4.12. The van der Waals surface area contributed by atoms with Crippen LogP contribution in [0.15, 0.2) is 45.3 Å². The Labute approximate surface area is 231 Å². The summed E-state index contributed by atoms with van der Waals surface area (Å²) in [6.45, 7) is 5.27. The van der Waals surface area contributed by atoms with Gasteiger partial charge in [0.15, 0.2) is 11.9 Å². The van der Waals surface area contributed by atoms with Crippen molar-refractivity contribution >= 4 is 74.5 Å². The lowest BCUT2D eigenvalue weighted by Gasteiger charge is -2.13. The van der Waals surface area contributed by atoms with Crippen molar-refractivity contribution in [1.82, 2.24) is 10.7 Å². The van der Waals surface area contributed by atoms with Crippen molar-refractivity contribution in [3.63, 3.8) is 0 Å². The van der Waals surface area contributed by atoms with Crippen molar-refractivity contribution in [2.45, 2.75) is 0 Å². The number of aliphatic hydroxyl groups is 1. The van der Waals surface area contributed by atoms with E-state index in [-0.39, 0.29) is 16.9 Å². The van der Waals surface area contributed by atoms with Crippen molar-refractivity contribution in [2.75, 3.05) is 39.0 Å². The van der Waals surface area contributed by atoms with Crippen LogP contribution in [-0.4, -0.2) is 58.8 Å². The fourth-order valence-corrected chi connectivity index (χ4v) is 4.22. The Balaban J connectivity index is 0.000000624. The van der Waals surface area contributed by atoms with Crippen LogP contribution in [0.1, 0.15) is 15.2 Å². The number of carbonyl (C=O) groups is 4. The smallest absolute Gasteiger partial charge is 0.364 e. The van der Waals surface area contributed by atoms with Crippen LogP contribution in [0.3, 0.4) is 0 Å². The lowest BCUT2D eigenvalue weighted by Crippen LogP contribution is -2.29. The van der Waals surface area contributed by atoms with Gasteiger partial charge < -0.3 is 40.0 Å². The van der Waals surface area contributed by atoms with E-state index in [1.165, 1.54) is 41.9 Å². The molecule has 0 aromatic carbocycles. The third-order valence-electron chi connectivity index (χ3n) is 4.23. The van der Waals surface area contributed by atoms with Gasteiger partial charge in [-0.05, 0) is 12.1 Å². The molecule has 0 aliphatic heterocycles. The van der Waals surface area contributed by atoms with Crippen molar-refractivity contribution < 1.29 is 38.3 Å². The average molecular weight is 584 g/mol. The molecule has 0 atom stereocenters. The molecule has 0 aliphatic carbocycles. The molecule has 212 valence electrons. The summed E-state index contributed by atoms with van der Waals surface area (Å²) >= 11 is 2.63. The first kappa shape index (κ1) is 34.5. The summed E-state index contributed by atoms with van der Waals surface area (Å²) in [5.41, 5.74) is 8.04. The number of nitrogens with one attached hydrogen (secondary N) is 2. The zero-order valence-corrected chi connectivity index (χ0v) is 23.1. The summed E-state index contributed by atoms with van der Waals surface area (Å²) < 4.78 is 10.7. The molecule has 3 aromatic rings.